The fourth-order valence-electron chi connectivity index (χ4n) is 2.29. The third kappa shape index (κ3) is 4.15. The molecule has 1 aliphatic heterocycles. The van der Waals surface area contributed by atoms with Crippen molar-refractivity contribution >= 4 is 39.3 Å². The largest absolute Gasteiger partial charge is 0.323 e. The van der Waals surface area contributed by atoms with Crippen molar-refractivity contribution in [2.45, 2.75) is 0 Å². The van der Waals surface area contributed by atoms with Crippen LogP contribution in [0.15, 0.2) is 32.3 Å². The SMILES string of the molecule is O=C(Nc1nonc1C(=Nc1ccc(F)c(Br)c1)NO)N1CCNCC1. The lowest BCUT2D eigenvalue weighted by Crippen LogP contribution is -2.48. The molecular weight excluding hydrogens is 413 g/mol. The summed E-state index contributed by atoms with van der Waals surface area (Å²) in [6.07, 6.45) is 0. The number of benzene rings is 1. The van der Waals surface area contributed by atoms with E-state index in [9.17, 15) is 14.4 Å². The van der Waals surface area contributed by atoms with Crippen LogP contribution in [0.4, 0.5) is 20.7 Å². The van der Waals surface area contributed by atoms with E-state index in [1.54, 1.807) is 4.90 Å². The van der Waals surface area contributed by atoms with Crippen molar-refractivity contribution < 1.29 is 19.0 Å². The van der Waals surface area contributed by atoms with E-state index in [1.807, 2.05) is 5.48 Å². The number of anilines is 1. The minimum atomic E-state index is -0.450. The molecule has 4 N–H and O–H groups in total. The summed E-state index contributed by atoms with van der Waals surface area (Å²) < 4.78 is 18.2. The summed E-state index contributed by atoms with van der Waals surface area (Å²) in [5.74, 6) is -0.579. The van der Waals surface area contributed by atoms with Crippen molar-refractivity contribution in [2.75, 3.05) is 31.5 Å². The Balaban J connectivity index is 1.81. The Morgan fingerprint density at radius 1 is 1.38 bits per heavy atom. The first-order chi connectivity index (χ1) is 12.6. The molecule has 12 heteroatoms. The van der Waals surface area contributed by atoms with Crippen molar-refractivity contribution in [2.24, 2.45) is 4.99 Å². The molecule has 1 aromatic heterocycles. The van der Waals surface area contributed by atoms with Crippen molar-refractivity contribution in [1.82, 2.24) is 26.0 Å². The van der Waals surface area contributed by atoms with Gasteiger partial charge in [0.05, 0.1) is 10.2 Å². The zero-order valence-electron chi connectivity index (χ0n) is 13.4. The van der Waals surface area contributed by atoms with Gasteiger partial charge in [-0.15, -0.1) is 0 Å². The molecule has 2 aromatic rings. The zero-order valence-corrected chi connectivity index (χ0v) is 15.0. The minimum Gasteiger partial charge on any atom is -0.322 e. The van der Waals surface area contributed by atoms with Crippen LogP contribution in [0.25, 0.3) is 0 Å². The molecule has 0 radical (unpaired) electrons. The number of rotatable bonds is 3. The number of hydroxylamine groups is 1. The highest BCUT2D eigenvalue weighted by Crippen LogP contribution is 2.23. The van der Waals surface area contributed by atoms with Gasteiger partial charge in [0.2, 0.25) is 5.82 Å². The lowest BCUT2D eigenvalue weighted by atomic mass is 10.3. The van der Waals surface area contributed by atoms with E-state index in [4.69, 9.17) is 0 Å². The number of piperazine rings is 1. The Labute approximate surface area is 155 Å². The van der Waals surface area contributed by atoms with Crippen molar-refractivity contribution in [3.63, 3.8) is 0 Å². The summed E-state index contributed by atoms with van der Waals surface area (Å²) in [6, 6.07) is 3.67. The second-order valence-corrected chi connectivity index (χ2v) is 6.15. The van der Waals surface area contributed by atoms with Gasteiger partial charge in [-0.3, -0.25) is 16.0 Å². The van der Waals surface area contributed by atoms with Gasteiger partial charge in [-0.1, -0.05) is 0 Å². The Kier molecular flexibility index (Phi) is 5.75. The number of aromatic nitrogens is 2. The Bertz CT molecular complexity index is 823. The Hall–Kier alpha value is -2.57. The van der Waals surface area contributed by atoms with Crippen LogP contribution in [-0.4, -0.2) is 58.5 Å². The Morgan fingerprint density at radius 2 is 2.15 bits per heavy atom. The molecule has 10 nitrogen and oxygen atoms in total. The van der Waals surface area contributed by atoms with Crippen LogP contribution in [0.2, 0.25) is 0 Å². The summed E-state index contributed by atoms with van der Waals surface area (Å²) in [5.41, 5.74) is 2.21. The molecule has 2 amide bonds. The van der Waals surface area contributed by atoms with Crippen molar-refractivity contribution in [1.29, 1.82) is 0 Å². The van der Waals surface area contributed by atoms with Gasteiger partial charge >= 0.3 is 6.03 Å². The van der Waals surface area contributed by atoms with E-state index >= 15 is 0 Å². The number of nitrogens with zero attached hydrogens (tertiary/aromatic N) is 4. The van der Waals surface area contributed by atoms with Crippen LogP contribution >= 0.6 is 15.9 Å². The molecule has 2 heterocycles. The maximum atomic E-state index is 13.3. The standard InChI is InChI=1S/C14H15BrFN7O3/c15-9-7-8(1-2-10(9)16)18-12(20-25)11-13(22-26-21-11)19-14(24)23-5-3-17-4-6-23/h1-2,7,17,25H,3-6H2,(H,18,20)(H,19,22,24). The third-order valence-electron chi connectivity index (χ3n) is 3.59. The molecule has 0 spiro atoms. The average Bonchev–Trinajstić information content (AvgIpc) is 3.11. The molecule has 0 saturated carbocycles. The second kappa shape index (κ2) is 8.21. The van der Waals surface area contributed by atoms with Crippen molar-refractivity contribution in [3.05, 3.63) is 34.2 Å². The second-order valence-electron chi connectivity index (χ2n) is 5.30. The van der Waals surface area contributed by atoms with Gasteiger partial charge < -0.3 is 10.2 Å². The lowest BCUT2D eigenvalue weighted by Gasteiger charge is -2.27. The van der Waals surface area contributed by atoms with E-state index in [1.165, 1.54) is 18.2 Å². The number of amides is 2. The van der Waals surface area contributed by atoms with Gasteiger partial charge in [0.15, 0.2) is 11.5 Å². The average molecular weight is 428 g/mol. The van der Waals surface area contributed by atoms with Crippen molar-refractivity contribution in [3.8, 4) is 0 Å². The van der Waals surface area contributed by atoms with E-state index in [-0.39, 0.29) is 27.9 Å². The number of halogens is 2. The predicted molar refractivity (Wildman–Crippen MR) is 93.0 cm³/mol. The molecule has 1 aliphatic rings. The highest BCUT2D eigenvalue weighted by molar-refractivity contribution is 9.10. The quantitative estimate of drug-likeness (QED) is 0.331. The van der Waals surface area contributed by atoms with Gasteiger partial charge in [0.1, 0.15) is 5.82 Å². The number of carbonyl (C=O) groups excluding carboxylic acids is 1. The summed E-state index contributed by atoms with van der Waals surface area (Å²) in [5, 5.41) is 22.4. The number of aliphatic imine (C=N–C) groups is 1. The molecule has 1 saturated heterocycles. The molecule has 3 rings (SSSR count). The number of urea groups is 1. The van der Waals surface area contributed by atoms with Gasteiger partial charge in [0, 0.05) is 26.2 Å². The number of carbonyl (C=O) groups is 1. The first-order valence-corrected chi connectivity index (χ1v) is 8.41. The van der Waals surface area contributed by atoms with Crippen LogP contribution in [0.1, 0.15) is 5.69 Å². The van der Waals surface area contributed by atoms with Gasteiger partial charge in [-0.2, -0.15) is 0 Å². The number of amidine groups is 1. The van der Waals surface area contributed by atoms with Crippen LogP contribution < -0.4 is 16.1 Å². The Morgan fingerprint density at radius 3 is 2.85 bits per heavy atom. The molecule has 0 aliphatic carbocycles. The van der Waals surface area contributed by atoms with Crippen LogP contribution in [-0.2, 0) is 0 Å². The molecular formula is C14H15BrFN7O3. The maximum Gasteiger partial charge on any atom is 0.323 e. The summed E-state index contributed by atoms with van der Waals surface area (Å²) in [4.78, 5) is 18.0. The molecule has 0 bridgehead atoms. The summed E-state index contributed by atoms with van der Waals surface area (Å²) in [6.45, 7) is 2.49. The van der Waals surface area contributed by atoms with E-state index in [0.717, 1.165) is 0 Å². The predicted octanol–water partition coefficient (Wildman–Crippen LogP) is 1.47. The van der Waals surface area contributed by atoms with E-state index < -0.39 is 5.82 Å². The lowest BCUT2D eigenvalue weighted by molar-refractivity contribution is 0.203. The maximum absolute atomic E-state index is 13.3. The van der Waals surface area contributed by atoms with Crippen LogP contribution in [0.3, 0.4) is 0 Å². The first kappa shape index (κ1) is 18.2. The minimum absolute atomic E-state index is 0.00330. The number of hydrogen-bond donors (Lipinski definition) is 4. The fourth-order valence-corrected chi connectivity index (χ4v) is 2.66. The molecule has 1 aromatic carbocycles. The molecule has 26 heavy (non-hydrogen) atoms. The normalized spacial score (nSPS) is 15.0. The van der Waals surface area contributed by atoms with Crippen LogP contribution in [0, 0.1) is 5.82 Å². The fraction of sp³-hybridized carbons (Fsp3) is 0.286. The van der Waals surface area contributed by atoms with Gasteiger partial charge in [-0.25, -0.2) is 18.8 Å². The number of hydrogen-bond acceptors (Lipinski definition) is 7. The molecule has 0 atom stereocenters. The van der Waals surface area contributed by atoms with Crippen LogP contribution in [0.5, 0.6) is 0 Å². The molecule has 138 valence electrons. The third-order valence-corrected chi connectivity index (χ3v) is 4.20. The highest BCUT2D eigenvalue weighted by Gasteiger charge is 2.22. The highest BCUT2D eigenvalue weighted by atomic mass is 79.9. The zero-order chi connectivity index (χ0) is 18.5. The van der Waals surface area contributed by atoms with Gasteiger partial charge in [-0.05, 0) is 44.4 Å². The van der Waals surface area contributed by atoms with Gasteiger partial charge in [0.25, 0.3) is 0 Å². The molecule has 1 fully saturated rings. The van der Waals surface area contributed by atoms with E-state index in [0.29, 0.717) is 31.9 Å². The number of nitrogens with one attached hydrogen (secondary N) is 3. The summed E-state index contributed by atoms with van der Waals surface area (Å²) >= 11 is 3.06. The smallest absolute Gasteiger partial charge is 0.322 e. The monoisotopic (exact) mass is 427 g/mol. The topological polar surface area (TPSA) is 128 Å². The first-order valence-electron chi connectivity index (χ1n) is 7.62. The molecule has 0 unspecified atom stereocenters. The summed E-state index contributed by atoms with van der Waals surface area (Å²) in [7, 11) is 0. The van der Waals surface area contributed by atoms with E-state index in [2.05, 4.69) is 46.5 Å².